The van der Waals surface area contributed by atoms with E-state index in [0.29, 0.717) is 16.7 Å². The molecule has 0 aliphatic heterocycles. The molecule has 10 heteroatoms. The van der Waals surface area contributed by atoms with Crippen LogP contribution in [0.3, 0.4) is 0 Å². The normalized spacial score (nSPS) is 12.6. The molecule has 0 bridgehead atoms. The number of benzene rings is 3. The number of nitrogen functional groups attached to an aromatic ring is 1. The third-order valence-electron chi connectivity index (χ3n) is 5.91. The quantitative estimate of drug-likeness (QED) is 0.112. The van der Waals surface area contributed by atoms with Gasteiger partial charge >= 0.3 is 11.8 Å². The lowest BCUT2D eigenvalue weighted by Gasteiger charge is -2.32. The standard InChI is InChI=1S/C28H26F2N4O4/c1-3-37-28(38-16(2)35,27(36)34-15-17-4-6-18(7-5-17)26(31)32)25-22(29)13-21(14-23(25)30)19-8-9-24-20(12-19)10-11-33-24/h4-14,33H,3,15H2,1-2H3,(H3,31,32)(H,34,36)/t28-/m0/s1. The summed E-state index contributed by atoms with van der Waals surface area (Å²) in [5, 5.41) is 10.9. The van der Waals surface area contributed by atoms with Gasteiger partial charge in [0.15, 0.2) is 0 Å². The van der Waals surface area contributed by atoms with E-state index in [1.165, 1.54) is 6.92 Å². The second-order valence-corrected chi connectivity index (χ2v) is 8.53. The van der Waals surface area contributed by atoms with Crippen LogP contribution < -0.4 is 11.1 Å². The van der Waals surface area contributed by atoms with Crippen LogP contribution in [0.1, 0.15) is 30.5 Å². The molecule has 1 amide bonds. The molecule has 1 atom stereocenters. The number of aromatic amines is 1. The number of nitrogens with one attached hydrogen (secondary N) is 3. The van der Waals surface area contributed by atoms with Crippen molar-refractivity contribution in [3.8, 4) is 11.1 Å². The lowest BCUT2D eigenvalue weighted by Crippen LogP contribution is -2.50. The largest absolute Gasteiger partial charge is 0.419 e. The molecule has 0 unspecified atom stereocenters. The van der Waals surface area contributed by atoms with Crippen molar-refractivity contribution in [3.63, 3.8) is 0 Å². The number of H-pyrrole nitrogens is 1. The maximum absolute atomic E-state index is 15.6. The second-order valence-electron chi connectivity index (χ2n) is 8.53. The van der Waals surface area contributed by atoms with Crippen LogP contribution in [0, 0.1) is 17.0 Å². The summed E-state index contributed by atoms with van der Waals surface area (Å²) in [6, 6.07) is 15.7. The number of carbonyl (C=O) groups excluding carboxylic acids is 2. The average Bonchev–Trinajstić information content (AvgIpc) is 3.34. The topological polar surface area (TPSA) is 130 Å². The smallest absolute Gasteiger partial charge is 0.326 e. The van der Waals surface area contributed by atoms with Crippen LogP contribution in [0.4, 0.5) is 8.78 Å². The van der Waals surface area contributed by atoms with Gasteiger partial charge in [0.2, 0.25) is 0 Å². The highest BCUT2D eigenvalue weighted by Gasteiger charge is 2.49. The van der Waals surface area contributed by atoms with Gasteiger partial charge in [0, 0.05) is 37.4 Å². The number of amidine groups is 1. The highest BCUT2D eigenvalue weighted by molar-refractivity contribution is 5.95. The van der Waals surface area contributed by atoms with E-state index in [4.69, 9.17) is 20.6 Å². The minimum Gasteiger partial charge on any atom is -0.419 e. The Balaban J connectivity index is 1.71. The van der Waals surface area contributed by atoms with E-state index in [2.05, 4.69) is 10.3 Å². The van der Waals surface area contributed by atoms with Gasteiger partial charge in [-0.25, -0.2) is 8.78 Å². The third kappa shape index (κ3) is 5.25. The Hall–Kier alpha value is -4.57. The lowest BCUT2D eigenvalue weighted by molar-refractivity contribution is -0.233. The van der Waals surface area contributed by atoms with Gasteiger partial charge in [-0.15, -0.1) is 0 Å². The van der Waals surface area contributed by atoms with Crippen LogP contribution in [0.25, 0.3) is 22.0 Å². The number of amides is 1. The number of hydrogen-bond donors (Lipinski definition) is 4. The maximum atomic E-state index is 15.6. The molecule has 0 aliphatic rings. The van der Waals surface area contributed by atoms with Crippen molar-refractivity contribution in [2.75, 3.05) is 6.61 Å². The predicted octanol–water partition coefficient (Wildman–Crippen LogP) is 4.47. The number of rotatable bonds is 9. The van der Waals surface area contributed by atoms with Gasteiger partial charge in [0.05, 0.1) is 0 Å². The third-order valence-corrected chi connectivity index (χ3v) is 5.91. The van der Waals surface area contributed by atoms with Crippen LogP contribution in [-0.2, 0) is 31.4 Å². The van der Waals surface area contributed by atoms with Crippen LogP contribution in [-0.4, -0.2) is 29.3 Å². The van der Waals surface area contributed by atoms with E-state index in [9.17, 15) is 9.59 Å². The van der Waals surface area contributed by atoms with E-state index in [1.54, 1.807) is 48.7 Å². The molecule has 1 aromatic heterocycles. The summed E-state index contributed by atoms with van der Waals surface area (Å²) in [6.45, 7) is 2.24. The van der Waals surface area contributed by atoms with E-state index in [1.807, 2.05) is 6.07 Å². The van der Waals surface area contributed by atoms with Crippen molar-refractivity contribution >= 4 is 28.6 Å². The Bertz CT molecular complexity index is 1490. The SMILES string of the molecule is CCO[C@@](OC(C)=O)(C(=O)NCc1ccc(C(=N)N)cc1)c1c(F)cc(-c2ccc3[nH]ccc3c2)cc1F. The van der Waals surface area contributed by atoms with Crippen molar-refractivity contribution in [1.82, 2.24) is 10.3 Å². The van der Waals surface area contributed by atoms with Crippen molar-refractivity contribution in [3.05, 3.63) is 95.2 Å². The fourth-order valence-corrected chi connectivity index (χ4v) is 4.17. The minimum atomic E-state index is -2.71. The molecule has 8 nitrogen and oxygen atoms in total. The van der Waals surface area contributed by atoms with Gasteiger partial charge in [0.25, 0.3) is 5.91 Å². The number of esters is 1. The number of ether oxygens (including phenoxy) is 2. The number of aromatic nitrogens is 1. The summed E-state index contributed by atoms with van der Waals surface area (Å²) in [5.74, 6) is -7.11. The summed E-state index contributed by atoms with van der Waals surface area (Å²) in [6.07, 6.45) is 1.75. The Morgan fingerprint density at radius 2 is 1.71 bits per heavy atom. The van der Waals surface area contributed by atoms with Crippen molar-refractivity contribution in [2.24, 2.45) is 5.73 Å². The van der Waals surface area contributed by atoms with E-state index >= 15 is 8.78 Å². The highest BCUT2D eigenvalue weighted by Crippen LogP contribution is 2.36. The first-order valence-electron chi connectivity index (χ1n) is 11.8. The summed E-state index contributed by atoms with van der Waals surface area (Å²) < 4.78 is 42.0. The zero-order chi connectivity index (χ0) is 27.4. The minimum absolute atomic E-state index is 0.0783. The molecule has 0 aliphatic carbocycles. The summed E-state index contributed by atoms with van der Waals surface area (Å²) in [4.78, 5) is 28.5. The Kier molecular flexibility index (Phi) is 7.54. The van der Waals surface area contributed by atoms with Crippen LogP contribution >= 0.6 is 0 Å². The van der Waals surface area contributed by atoms with Crippen LogP contribution in [0.5, 0.6) is 0 Å². The molecular formula is C28H26F2N4O4. The van der Waals surface area contributed by atoms with E-state index in [0.717, 1.165) is 30.0 Å². The van der Waals surface area contributed by atoms with Gasteiger partial charge in [-0.2, -0.15) is 0 Å². The zero-order valence-electron chi connectivity index (χ0n) is 20.7. The molecule has 4 aromatic rings. The summed E-state index contributed by atoms with van der Waals surface area (Å²) >= 11 is 0. The van der Waals surface area contributed by atoms with Crippen LogP contribution in [0.15, 0.2) is 66.9 Å². The van der Waals surface area contributed by atoms with Gasteiger partial charge in [-0.1, -0.05) is 30.3 Å². The molecule has 196 valence electrons. The number of halogens is 2. The molecule has 1 heterocycles. The lowest BCUT2D eigenvalue weighted by atomic mass is 9.97. The van der Waals surface area contributed by atoms with Crippen molar-refractivity contribution in [2.45, 2.75) is 26.2 Å². The fourth-order valence-electron chi connectivity index (χ4n) is 4.17. The molecule has 0 spiro atoms. The molecule has 3 aromatic carbocycles. The molecular weight excluding hydrogens is 494 g/mol. The molecule has 0 fully saturated rings. The van der Waals surface area contributed by atoms with Gasteiger partial charge in [-0.3, -0.25) is 15.0 Å². The van der Waals surface area contributed by atoms with Crippen molar-refractivity contribution < 1.29 is 27.8 Å². The van der Waals surface area contributed by atoms with E-state index < -0.39 is 34.9 Å². The Morgan fingerprint density at radius 1 is 1.03 bits per heavy atom. The maximum Gasteiger partial charge on any atom is 0.326 e. The Labute approximate surface area is 217 Å². The van der Waals surface area contributed by atoms with Gasteiger partial charge in [0.1, 0.15) is 23.0 Å². The first kappa shape index (κ1) is 26.5. The number of nitrogens with two attached hydrogens (primary N) is 1. The molecule has 5 N–H and O–H groups in total. The zero-order valence-corrected chi connectivity index (χ0v) is 20.7. The van der Waals surface area contributed by atoms with Gasteiger partial charge in [-0.05, 0) is 59.3 Å². The fraction of sp³-hybridized carbons (Fsp3) is 0.179. The Morgan fingerprint density at radius 3 is 2.32 bits per heavy atom. The predicted molar refractivity (Wildman–Crippen MR) is 138 cm³/mol. The molecule has 4 rings (SSSR count). The summed E-state index contributed by atoms with van der Waals surface area (Å²) in [7, 11) is 0. The first-order chi connectivity index (χ1) is 18.1. The monoisotopic (exact) mass is 520 g/mol. The molecule has 0 radical (unpaired) electrons. The summed E-state index contributed by atoms with van der Waals surface area (Å²) in [5.41, 5.74) is 7.35. The number of fused-ring (bicyclic) bond motifs is 1. The van der Waals surface area contributed by atoms with Crippen LogP contribution in [0.2, 0.25) is 0 Å². The second kappa shape index (κ2) is 10.8. The average molecular weight is 521 g/mol. The highest BCUT2D eigenvalue weighted by atomic mass is 19.1. The van der Waals surface area contributed by atoms with Gasteiger partial charge < -0.3 is 25.5 Å². The van der Waals surface area contributed by atoms with E-state index in [-0.39, 0.29) is 24.6 Å². The molecule has 38 heavy (non-hydrogen) atoms. The number of carbonyl (C=O) groups is 2. The molecule has 0 saturated heterocycles. The van der Waals surface area contributed by atoms with Crippen molar-refractivity contribution in [1.29, 1.82) is 5.41 Å². The first-order valence-corrected chi connectivity index (χ1v) is 11.8. The molecule has 0 saturated carbocycles. The number of hydrogen-bond acceptors (Lipinski definition) is 5.